The normalized spacial score (nSPS) is 10.8. The Kier molecular flexibility index (Phi) is 7.12. The van der Waals surface area contributed by atoms with E-state index in [9.17, 15) is 9.18 Å². The number of hydrogen-bond acceptors (Lipinski definition) is 3. The fourth-order valence-corrected chi connectivity index (χ4v) is 3.06. The second kappa shape index (κ2) is 9.76. The zero-order valence-corrected chi connectivity index (χ0v) is 17.3. The Morgan fingerprint density at radius 1 is 1.14 bits per heavy atom. The molecule has 0 aliphatic carbocycles. The van der Waals surface area contributed by atoms with Crippen LogP contribution in [-0.4, -0.2) is 22.2 Å². The minimum absolute atomic E-state index is 0.156. The van der Waals surface area contributed by atoms with Crippen molar-refractivity contribution in [2.75, 3.05) is 6.54 Å². The lowest BCUT2D eigenvalue weighted by Crippen LogP contribution is -2.25. The third-order valence-corrected chi connectivity index (χ3v) is 5.20. The second-order valence-electron chi connectivity index (χ2n) is 6.46. The fraction of sp³-hybridized carbons (Fsp3) is 0.238. The van der Waals surface area contributed by atoms with E-state index in [1.165, 1.54) is 12.1 Å². The van der Waals surface area contributed by atoms with Crippen LogP contribution in [0.2, 0.25) is 10.2 Å². The molecule has 0 atom stereocenters. The van der Waals surface area contributed by atoms with Gasteiger partial charge in [-0.05, 0) is 55.3 Å². The molecule has 0 aliphatic heterocycles. The van der Waals surface area contributed by atoms with Gasteiger partial charge >= 0.3 is 0 Å². The monoisotopic (exact) mass is 435 g/mol. The molecular weight excluding hydrogens is 416 g/mol. The van der Waals surface area contributed by atoms with Crippen LogP contribution < -0.4 is 10.1 Å². The van der Waals surface area contributed by atoms with Gasteiger partial charge in [-0.15, -0.1) is 0 Å². The standard InChI is InChI=1S/C21H20Cl2FN3O2/c1-14-19(22)20(23)27(26-14)12-2-11-25-21(28)16-5-3-15(4-6-16)13-29-18-9-7-17(24)8-10-18/h3-10H,2,11-13H2,1H3,(H,25,28). The average Bonchev–Trinajstić information content (AvgIpc) is 2.97. The van der Waals surface area contributed by atoms with Crippen LogP contribution in [0.15, 0.2) is 48.5 Å². The molecule has 1 amide bonds. The van der Waals surface area contributed by atoms with Crippen molar-refractivity contribution in [1.29, 1.82) is 0 Å². The first-order valence-electron chi connectivity index (χ1n) is 9.08. The fourth-order valence-electron chi connectivity index (χ4n) is 2.66. The van der Waals surface area contributed by atoms with Crippen LogP contribution in [0.4, 0.5) is 4.39 Å². The SMILES string of the molecule is Cc1nn(CCCNC(=O)c2ccc(COc3ccc(F)cc3)cc2)c(Cl)c1Cl. The molecular formula is C21H20Cl2FN3O2. The van der Waals surface area contributed by atoms with Crippen LogP contribution in [-0.2, 0) is 13.2 Å². The Morgan fingerprint density at radius 2 is 1.83 bits per heavy atom. The lowest BCUT2D eigenvalue weighted by Gasteiger charge is -2.08. The third-order valence-electron chi connectivity index (χ3n) is 4.26. The van der Waals surface area contributed by atoms with E-state index in [1.807, 2.05) is 12.1 Å². The molecule has 152 valence electrons. The highest BCUT2D eigenvalue weighted by Gasteiger charge is 2.11. The van der Waals surface area contributed by atoms with Gasteiger partial charge in [0.1, 0.15) is 28.3 Å². The number of benzene rings is 2. The minimum atomic E-state index is -0.306. The lowest BCUT2D eigenvalue weighted by molar-refractivity contribution is 0.0952. The van der Waals surface area contributed by atoms with Crippen LogP contribution in [0.3, 0.4) is 0 Å². The van der Waals surface area contributed by atoms with Crippen molar-refractivity contribution in [1.82, 2.24) is 15.1 Å². The molecule has 0 radical (unpaired) electrons. The van der Waals surface area contributed by atoms with Gasteiger partial charge < -0.3 is 10.1 Å². The third kappa shape index (κ3) is 5.71. The molecule has 0 aliphatic rings. The summed E-state index contributed by atoms with van der Waals surface area (Å²) in [4.78, 5) is 12.3. The van der Waals surface area contributed by atoms with E-state index in [0.717, 1.165) is 5.56 Å². The number of hydrogen-bond donors (Lipinski definition) is 1. The maximum Gasteiger partial charge on any atom is 0.251 e. The van der Waals surface area contributed by atoms with Gasteiger partial charge in [0.15, 0.2) is 0 Å². The molecule has 0 spiro atoms. The summed E-state index contributed by atoms with van der Waals surface area (Å²) in [6.07, 6.45) is 0.673. The molecule has 29 heavy (non-hydrogen) atoms. The summed E-state index contributed by atoms with van der Waals surface area (Å²) in [6, 6.07) is 13.0. The quantitative estimate of drug-likeness (QED) is 0.504. The van der Waals surface area contributed by atoms with Crippen LogP contribution >= 0.6 is 23.2 Å². The summed E-state index contributed by atoms with van der Waals surface area (Å²) in [6.45, 7) is 3.18. The number of nitrogens with one attached hydrogen (secondary N) is 1. The van der Waals surface area contributed by atoms with Crippen LogP contribution in [0, 0.1) is 12.7 Å². The summed E-state index contributed by atoms with van der Waals surface area (Å²) in [7, 11) is 0. The molecule has 0 unspecified atom stereocenters. The number of aromatic nitrogens is 2. The summed E-state index contributed by atoms with van der Waals surface area (Å²) in [5.74, 6) is 0.123. The molecule has 5 nitrogen and oxygen atoms in total. The number of rotatable bonds is 8. The molecule has 0 saturated heterocycles. The Hall–Kier alpha value is -2.57. The smallest absolute Gasteiger partial charge is 0.251 e. The number of nitrogens with zero attached hydrogens (tertiary/aromatic N) is 2. The molecule has 0 fully saturated rings. The van der Waals surface area contributed by atoms with E-state index in [2.05, 4.69) is 10.4 Å². The zero-order chi connectivity index (χ0) is 20.8. The van der Waals surface area contributed by atoms with Gasteiger partial charge in [0.05, 0.1) is 5.69 Å². The van der Waals surface area contributed by atoms with E-state index >= 15 is 0 Å². The molecule has 1 N–H and O–H groups in total. The Labute approximate surface area is 178 Å². The summed E-state index contributed by atoms with van der Waals surface area (Å²) >= 11 is 12.1. The van der Waals surface area contributed by atoms with Gasteiger partial charge in [-0.2, -0.15) is 5.10 Å². The van der Waals surface area contributed by atoms with Crippen molar-refractivity contribution < 1.29 is 13.9 Å². The van der Waals surface area contributed by atoms with Crippen LogP contribution in [0.5, 0.6) is 5.75 Å². The number of aryl methyl sites for hydroxylation is 2. The van der Waals surface area contributed by atoms with E-state index < -0.39 is 0 Å². The van der Waals surface area contributed by atoms with Crippen molar-refractivity contribution in [3.63, 3.8) is 0 Å². The topological polar surface area (TPSA) is 56.2 Å². The van der Waals surface area contributed by atoms with Gasteiger partial charge in [-0.1, -0.05) is 35.3 Å². The number of amides is 1. The molecule has 1 heterocycles. The second-order valence-corrected chi connectivity index (χ2v) is 7.20. The van der Waals surface area contributed by atoms with Crippen molar-refractivity contribution in [2.45, 2.75) is 26.5 Å². The molecule has 3 aromatic rings. The Morgan fingerprint density at radius 3 is 2.45 bits per heavy atom. The van der Waals surface area contributed by atoms with Crippen molar-refractivity contribution >= 4 is 29.1 Å². The van der Waals surface area contributed by atoms with Gasteiger partial charge in [-0.3, -0.25) is 9.48 Å². The van der Waals surface area contributed by atoms with Crippen molar-refractivity contribution in [3.05, 3.63) is 81.3 Å². The highest BCUT2D eigenvalue weighted by Crippen LogP contribution is 2.24. The summed E-state index contributed by atoms with van der Waals surface area (Å²) in [5, 5.41) is 7.99. The number of halogens is 3. The first-order valence-corrected chi connectivity index (χ1v) is 9.83. The predicted octanol–water partition coefficient (Wildman–Crippen LogP) is 5.04. The van der Waals surface area contributed by atoms with Crippen molar-refractivity contribution in [3.8, 4) is 5.75 Å². The predicted molar refractivity (Wildman–Crippen MR) is 111 cm³/mol. The van der Waals surface area contributed by atoms with E-state index in [4.69, 9.17) is 27.9 Å². The van der Waals surface area contributed by atoms with Gasteiger partial charge in [-0.25, -0.2) is 4.39 Å². The number of carbonyl (C=O) groups is 1. The maximum atomic E-state index is 12.9. The summed E-state index contributed by atoms with van der Waals surface area (Å²) in [5.41, 5.74) is 2.15. The van der Waals surface area contributed by atoms with Gasteiger partial charge in [0.25, 0.3) is 5.91 Å². The van der Waals surface area contributed by atoms with Gasteiger partial charge in [0, 0.05) is 18.7 Å². The highest BCUT2D eigenvalue weighted by molar-refractivity contribution is 6.41. The largest absolute Gasteiger partial charge is 0.489 e. The first-order chi connectivity index (χ1) is 13.9. The highest BCUT2D eigenvalue weighted by atomic mass is 35.5. The maximum absolute atomic E-state index is 12.9. The molecule has 2 aromatic carbocycles. The zero-order valence-electron chi connectivity index (χ0n) is 15.8. The minimum Gasteiger partial charge on any atom is -0.489 e. The molecule has 8 heteroatoms. The lowest BCUT2D eigenvalue weighted by atomic mass is 10.1. The first kappa shape index (κ1) is 21.1. The summed E-state index contributed by atoms with van der Waals surface area (Å²) < 4.78 is 20.1. The molecule has 3 rings (SSSR count). The van der Waals surface area contributed by atoms with Crippen LogP contribution in [0.1, 0.15) is 28.0 Å². The molecule has 1 aromatic heterocycles. The molecule has 0 saturated carbocycles. The molecule has 0 bridgehead atoms. The van der Waals surface area contributed by atoms with E-state index in [1.54, 1.807) is 35.9 Å². The number of carbonyl (C=O) groups excluding carboxylic acids is 1. The number of ether oxygens (including phenoxy) is 1. The Balaban J connectivity index is 1.43. The van der Waals surface area contributed by atoms with E-state index in [-0.39, 0.29) is 11.7 Å². The van der Waals surface area contributed by atoms with E-state index in [0.29, 0.717) is 53.3 Å². The average molecular weight is 436 g/mol. The Bertz CT molecular complexity index is 973. The van der Waals surface area contributed by atoms with Crippen molar-refractivity contribution in [2.24, 2.45) is 0 Å². The van der Waals surface area contributed by atoms with Crippen LogP contribution in [0.25, 0.3) is 0 Å². The van der Waals surface area contributed by atoms with Gasteiger partial charge in [0.2, 0.25) is 0 Å².